The molecule has 3 N–H and O–H groups in total. The Morgan fingerprint density at radius 3 is 2.74 bits per heavy atom. The van der Waals surface area contributed by atoms with Crippen LogP contribution in [0.15, 0.2) is 6.33 Å². The summed E-state index contributed by atoms with van der Waals surface area (Å²) >= 11 is 0. The van der Waals surface area contributed by atoms with Gasteiger partial charge in [-0.05, 0) is 25.7 Å². The van der Waals surface area contributed by atoms with E-state index in [2.05, 4.69) is 15.3 Å². The van der Waals surface area contributed by atoms with Crippen LogP contribution in [-0.4, -0.2) is 29.7 Å². The van der Waals surface area contributed by atoms with Crippen molar-refractivity contribution in [1.82, 2.24) is 9.97 Å². The van der Waals surface area contributed by atoms with Gasteiger partial charge in [0.25, 0.3) is 0 Å². The number of anilines is 1. The van der Waals surface area contributed by atoms with Gasteiger partial charge < -0.3 is 15.8 Å². The quantitative estimate of drug-likeness (QED) is 0.852. The molecule has 1 saturated carbocycles. The second kappa shape index (κ2) is 6.70. The van der Waals surface area contributed by atoms with Gasteiger partial charge in [0.1, 0.15) is 12.1 Å². The molecule has 1 heterocycles. The first-order valence-electron chi connectivity index (χ1n) is 7.08. The van der Waals surface area contributed by atoms with E-state index in [1.807, 2.05) is 6.92 Å². The van der Waals surface area contributed by atoms with Gasteiger partial charge in [-0.15, -0.1) is 0 Å². The summed E-state index contributed by atoms with van der Waals surface area (Å²) in [5, 5.41) is 3.49. The van der Waals surface area contributed by atoms with Crippen molar-refractivity contribution in [1.29, 1.82) is 0 Å². The van der Waals surface area contributed by atoms with E-state index >= 15 is 0 Å². The molecule has 5 nitrogen and oxygen atoms in total. The SMILES string of the molecule is COc1ncnc(NC(CN)C2CCCCC2)c1C. The van der Waals surface area contributed by atoms with Gasteiger partial charge in [-0.1, -0.05) is 19.3 Å². The first-order valence-corrected chi connectivity index (χ1v) is 7.08. The van der Waals surface area contributed by atoms with Crippen LogP contribution in [0.1, 0.15) is 37.7 Å². The molecule has 1 aromatic rings. The third-order valence-electron chi connectivity index (χ3n) is 4.03. The van der Waals surface area contributed by atoms with Crippen molar-refractivity contribution in [3.8, 4) is 5.88 Å². The smallest absolute Gasteiger partial charge is 0.221 e. The van der Waals surface area contributed by atoms with E-state index in [0.717, 1.165) is 11.4 Å². The topological polar surface area (TPSA) is 73.1 Å². The van der Waals surface area contributed by atoms with Crippen LogP contribution in [0, 0.1) is 12.8 Å². The first kappa shape index (κ1) is 14.1. The highest BCUT2D eigenvalue weighted by Gasteiger charge is 2.23. The number of hydrogen-bond acceptors (Lipinski definition) is 5. The van der Waals surface area contributed by atoms with Crippen molar-refractivity contribution in [2.45, 2.75) is 45.1 Å². The maximum absolute atomic E-state index is 5.93. The van der Waals surface area contributed by atoms with Crippen molar-refractivity contribution in [3.63, 3.8) is 0 Å². The molecular formula is C14H24N4O. The highest BCUT2D eigenvalue weighted by molar-refractivity contribution is 5.48. The number of nitrogens with one attached hydrogen (secondary N) is 1. The third kappa shape index (κ3) is 3.35. The standard InChI is InChI=1S/C14H24N4O/c1-10-13(16-9-17-14(10)19-2)18-12(8-15)11-6-4-3-5-7-11/h9,11-12H,3-8,15H2,1-2H3,(H,16,17,18). The Labute approximate surface area is 115 Å². The van der Waals surface area contributed by atoms with Crippen LogP contribution >= 0.6 is 0 Å². The molecule has 106 valence electrons. The maximum Gasteiger partial charge on any atom is 0.221 e. The van der Waals surface area contributed by atoms with Gasteiger partial charge in [-0.2, -0.15) is 0 Å². The highest BCUT2D eigenvalue weighted by atomic mass is 16.5. The van der Waals surface area contributed by atoms with Gasteiger partial charge in [0.2, 0.25) is 5.88 Å². The molecule has 0 aliphatic heterocycles. The molecule has 1 aliphatic carbocycles. The summed E-state index contributed by atoms with van der Waals surface area (Å²) in [6, 6.07) is 0.290. The summed E-state index contributed by atoms with van der Waals surface area (Å²) in [7, 11) is 1.63. The minimum absolute atomic E-state index is 0.290. The summed E-state index contributed by atoms with van der Waals surface area (Å²) < 4.78 is 5.22. The molecule has 1 aliphatic rings. The van der Waals surface area contributed by atoms with Gasteiger partial charge in [0.05, 0.1) is 12.7 Å². The minimum atomic E-state index is 0.290. The minimum Gasteiger partial charge on any atom is -0.481 e. The van der Waals surface area contributed by atoms with Crippen LogP contribution in [0.2, 0.25) is 0 Å². The zero-order chi connectivity index (χ0) is 13.7. The van der Waals surface area contributed by atoms with E-state index < -0.39 is 0 Å². The lowest BCUT2D eigenvalue weighted by Crippen LogP contribution is -2.37. The van der Waals surface area contributed by atoms with Gasteiger partial charge in [0, 0.05) is 12.6 Å². The summed E-state index contributed by atoms with van der Waals surface area (Å²) in [6.45, 7) is 2.60. The lowest BCUT2D eigenvalue weighted by molar-refractivity contribution is 0.320. The number of aromatic nitrogens is 2. The third-order valence-corrected chi connectivity index (χ3v) is 4.03. The van der Waals surface area contributed by atoms with E-state index in [0.29, 0.717) is 24.4 Å². The van der Waals surface area contributed by atoms with E-state index in [-0.39, 0.29) is 0 Å². The Morgan fingerprint density at radius 2 is 2.11 bits per heavy atom. The summed E-state index contributed by atoms with van der Waals surface area (Å²) in [5.41, 5.74) is 6.88. The Balaban J connectivity index is 2.09. The number of nitrogens with two attached hydrogens (primary N) is 1. The molecule has 0 aromatic carbocycles. The number of hydrogen-bond donors (Lipinski definition) is 2. The Morgan fingerprint density at radius 1 is 1.37 bits per heavy atom. The predicted octanol–water partition coefficient (Wildman–Crippen LogP) is 2.11. The molecular weight excluding hydrogens is 240 g/mol. The van der Waals surface area contributed by atoms with Crippen molar-refractivity contribution < 1.29 is 4.74 Å². The van der Waals surface area contributed by atoms with Crippen LogP contribution < -0.4 is 15.8 Å². The monoisotopic (exact) mass is 264 g/mol. The van der Waals surface area contributed by atoms with Crippen LogP contribution in [0.25, 0.3) is 0 Å². The molecule has 0 spiro atoms. The van der Waals surface area contributed by atoms with Gasteiger partial charge in [-0.3, -0.25) is 0 Å². The number of methoxy groups -OCH3 is 1. The molecule has 0 saturated heterocycles. The van der Waals surface area contributed by atoms with Crippen LogP contribution in [0.5, 0.6) is 5.88 Å². The van der Waals surface area contributed by atoms with E-state index in [1.54, 1.807) is 7.11 Å². The largest absolute Gasteiger partial charge is 0.481 e. The second-order valence-corrected chi connectivity index (χ2v) is 5.24. The fourth-order valence-electron chi connectivity index (χ4n) is 2.87. The lowest BCUT2D eigenvalue weighted by atomic mass is 9.84. The van der Waals surface area contributed by atoms with Crippen LogP contribution in [0.3, 0.4) is 0 Å². The molecule has 2 rings (SSSR count). The fraction of sp³-hybridized carbons (Fsp3) is 0.714. The molecule has 19 heavy (non-hydrogen) atoms. The van der Waals surface area contributed by atoms with E-state index in [1.165, 1.54) is 38.4 Å². The van der Waals surface area contributed by atoms with Crippen molar-refractivity contribution in [2.24, 2.45) is 11.7 Å². The molecule has 0 bridgehead atoms. The Bertz CT molecular complexity index is 404. The highest BCUT2D eigenvalue weighted by Crippen LogP contribution is 2.29. The molecule has 1 atom stereocenters. The Kier molecular flexibility index (Phi) is 4.96. The van der Waals surface area contributed by atoms with Crippen molar-refractivity contribution in [2.75, 3.05) is 19.0 Å². The van der Waals surface area contributed by atoms with Crippen LogP contribution in [0.4, 0.5) is 5.82 Å². The zero-order valence-electron chi connectivity index (χ0n) is 11.9. The molecule has 0 amide bonds. The average Bonchev–Trinajstić information content (AvgIpc) is 2.47. The average molecular weight is 264 g/mol. The first-order chi connectivity index (χ1) is 9.26. The van der Waals surface area contributed by atoms with Gasteiger partial charge >= 0.3 is 0 Å². The summed E-state index contributed by atoms with van der Waals surface area (Å²) in [4.78, 5) is 8.41. The molecule has 1 aromatic heterocycles. The van der Waals surface area contributed by atoms with Crippen molar-refractivity contribution in [3.05, 3.63) is 11.9 Å². The Hall–Kier alpha value is -1.36. The lowest BCUT2D eigenvalue weighted by Gasteiger charge is -2.30. The number of ether oxygens (including phenoxy) is 1. The number of rotatable bonds is 5. The molecule has 0 radical (unpaired) electrons. The van der Waals surface area contributed by atoms with E-state index in [9.17, 15) is 0 Å². The fourth-order valence-corrected chi connectivity index (χ4v) is 2.87. The van der Waals surface area contributed by atoms with Crippen molar-refractivity contribution >= 4 is 5.82 Å². The molecule has 5 heteroatoms. The van der Waals surface area contributed by atoms with Gasteiger partial charge in [-0.25, -0.2) is 9.97 Å². The number of nitrogens with zero attached hydrogens (tertiary/aromatic N) is 2. The molecule has 1 unspecified atom stereocenters. The van der Waals surface area contributed by atoms with E-state index in [4.69, 9.17) is 10.5 Å². The summed E-state index contributed by atoms with van der Waals surface area (Å²) in [5.74, 6) is 2.11. The molecule has 1 fully saturated rings. The normalized spacial score (nSPS) is 18.1. The maximum atomic E-state index is 5.93. The zero-order valence-corrected chi connectivity index (χ0v) is 11.9. The van der Waals surface area contributed by atoms with Gasteiger partial charge in [0.15, 0.2) is 0 Å². The second-order valence-electron chi connectivity index (χ2n) is 5.24. The van der Waals surface area contributed by atoms with Crippen LogP contribution in [-0.2, 0) is 0 Å². The summed E-state index contributed by atoms with van der Waals surface area (Å²) in [6.07, 6.45) is 8.03. The predicted molar refractivity (Wildman–Crippen MR) is 76.4 cm³/mol.